The Morgan fingerprint density at radius 1 is 1.62 bits per heavy atom. The lowest BCUT2D eigenvalue weighted by molar-refractivity contribution is 0.628. The Bertz CT molecular complexity index is 61.1. The first kappa shape index (κ1) is 7.39. The van der Waals surface area contributed by atoms with Crippen LogP contribution in [0.3, 0.4) is 0 Å². The summed E-state index contributed by atoms with van der Waals surface area (Å²) in [7, 11) is 0. The molecule has 0 aromatic rings. The van der Waals surface area contributed by atoms with Crippen LogP contribution in [0.5, 0.6) is 0 Å². The van der Waals surface area contributed by atoms with Crippen molar-refractivity contribution in [2.75, 3.05) is 6.54 Å². The first-order chi connectivity index (χ1) is 3.77. The van der Waals surface area contributed by atoms with Crippen molar-refractivity contribution in [1.82, 2.24) is 5.32 Å². The van der Waals surface area contributed by atoms with Gasteiger partial charge in [0.25, 0.3) is 0 Å². The Kier molecular flexibility index (Phi) is 4.20. The molecule has 0 aliphatic rings. The molecular formula is C4H12N4. The van der Waals surface area contributed by atoms with Gasteiger partial charge in [-0.25, -0.2) is 0 Å². The van der Waals surface area contributed by atoms with Gasteiger partial charge in [-0.3, -0.25) is 5.41 Å². The largest absolute Gasteiger partial charge is 0.377 e. The number of nitrogens with one attached hydrogen (secondary N) is 2. The van der Waals surface area contributed by atoms with Crippen LogP contribution in [0.15, 0.2) is 0 Å². The molecular weight excluding hydrogens is 104 g/mol. The van der Waals surface area contributed by atoms with Crippen molar-refractivity contribution in [3.8, 4) is 0 Å². The fourth-order valence-electron chi connectivity index (χ4n) is 0.322. The summed E-state index contributed by atoms with van der Waals surface area (Å²) in [5, 5.41) is 9.19. The molecule has 0 aromatic carbocycles. The summed E-state index contributed by atoms with van der Waals surface area (Å²) >= 11 is 0. The standard InChI is InChI=1S/C4H12N4/c5-3-8-2-1-4(6)7/h3-4H,1-2,6-7H2,(H2,5,8). The minimum absolute atomic E-state index is 0.262. The molecule has 0 amide bonds. The normalized spacial score (nSPS) is 9.38. The van der Waals surface area contributed by atoms with E-state index in [-0.39, 0.29) is 6.17 Å². The van der Waals surface area contributed by atoms with E-state index in [1.54, 1.807) is 0 Å². The lowest BCUT2D eigenvalue weighted by atomic mass is 10.4. The summed E-state index contributed by atoms with van der Waals surface area (Å²) in [4.78, 5) is 0. The van der Waals surface area contributed by atoms with Gasteiger partial charge in [0.15, 0.2) is 0 Å². The molecule has 48 valence electrons. The molecule has 0 aromatic heterocycles. The van der Waals surface area contributed by atoms with Crippen molar-refractivity contribution in [1.29, 1.82) is 5.41 Å². The van der Waals surface area contributed by atoms with Gasteiger partial charge in [-0.2, -0.15) is 0 Å². The van der Waals surface area contributed by atoms with Crippen molar-refractivity contribution >= 4 is 6.34 Å². The lowest BCUT2D eigenvalue weighted by Crippen LogP contribution is -2.33. The first-order valence-electron chi connectivity index (χ1n) is 2.51. The molecule has 0 rings (SSSR count). The molecule has 0 heterocycles. The highest BCUT2D eigenvalue weighted by Crippen LogP contribution is 1.72. The van der Waals surface area contributed by atoms with Crippen molar-refractivity contribution in [2.45, 2.75) is 12.6 Å². The highest BCUT2D eigenvalue weighted by molar-refractivity contribution is 5.49. The van der Waals surface area contributed by atoms with Gasteiger partial charge in [-0.15, -0.1) is 0 Å². The zero-order valence-electron chi connectivity index (χ0n) is 4.72. The van der Waals surface area contributed by atoms with E-state index in [9.17, 15) is 0 Å². The zero-order valence-corrected chi connectivity index (χ0v) is 4.72. The molecule has 0 fully saturated rings. The quantitative estimate of drug-likeness (QED) is 0.161. The van der Waals surface area contributed by atoms with Crippen LogP contribution in [-0.2, 0) is 0 Å². The molecule has 0 saturated heterocycles. The summed E-state index contributed by atoms with van der Waals surface area (Å²) < 4.78 is 0. The molecule has 0 radical (unpaired) electrons. The van der Waals surface area contributed by atoms with Crippen LogP contribution in [-0.4, -0.2) is 19.0 Å². The number of rotatable bonds is 4. The summed E-state index contributed by atoms with van der Waals surface area (Å²) in [6, 6.07) is 0. The third-order valence-electron chi connectivity index (χ3n) is 0.724. The smallest absolute Gasteiger partial charge is 0.0791 e. The van der Waals surface area contributed by atoms with Gasteiger partial charge in [0.05, 0.1) is 12.5 Å². The van der Waals surface area contributed by atoms with Crippen LogP contribution in [0, 0.1) is 5.41 Å². The molecule has 0 spiro atoms. The van der Waals surface area contributed by atoms with Crippen molar-refractivity contribution < 1.29 is 0 Å². The maximum Gasteiger partial charge on any atom is 0.0791 e. The van der Waals surface area contributed by atoms with Gasteiger partial charge in [-0.05, 0) is 6.42 Å². The second-order valence-corrected chi connectivity index (χ2v) is 1.55. The van der Waals surface area contributed by atoms with E-state index in [4.69, 9.17) is 16.9 Å². The van der Waals surface area contributed by atoms with Gasteiger partial charge < -0.3 is 16.8 Å². The van der Waals surface area contributed by atoms with E-state index in [0.29, 0.717) is 13.0 Å². The maximum absolute atomic E-state index is 6.53. The number of nitrogens with two attached hydrogens (primary N) is 2. The van der Waals surface area contributed by atoms with E-state index in [2.05, 4.69) is 5.32 Å². The molecule has 0 aliphatic heterocycles. The Morgan fingerprint density at radius 3 is 2.62 bits per heavy atom. The van der Waals surface area contributed by atoms with Crippen LogP contribution < -0.4 is 16.8 Å². The van der Waals surface area contributed by atoms with Crippen LogP contribution in [0.2, 0.25) is 0 Å². The van der Waals surface area contributed by atoms with E-state index >= 15 is 0 Å². The fraction of sp³-hybridized carbons (Fsp3) is 0.750. The van der Waals surface area contributed by atoms with Crippen LogP contribution in [0.4, 0.5) is 0 Å². The number of hydrogen-bond donors (Lipinski definition) is 4. The highest BCUT2D eigenvalue weighted by Gasteiger charge is 1.89. The molecule has 8 heavy (non-hydrogen) atoms. The van der Waals surface area contributed by atoms with Gasteiger partial charge in [0, 0.05) is 6.54 Å². The Morgan fingerprint density at radius 2 is 2.25 bits per heavy atom. The second kappa shape index (κ2) is 4.55. The van der Waals surface area contributed by atoms with Gasteiger partial charge in [0.2, 0.25) is 0 Å². The predicted octanol–water partition coefficient (Wildman–Crippen LogP) is -1.18. The van der Waals surface area contributed by atoms with Gasteiger partial charge in [-0.1, -0.05) is 0 Å². The molecule has 0 atom stereocenters. The minimum Gasteiger partial charge on any atom is -0.377 e. The van der Waals surface area contributed by atoms with E-state index < -0.39 is 0 Å². The van der Waals surface area contributed by atoms with Crippen molar-refractivity contribution in [3.63, 3.8) is 0 Å². The third kappa shape index (κ3) is 5.39. The Balaban J connectivity index is 2.81. The predicted molar refractivity (Wildman–Crippen MR) is 33.6 cm³/mol. The summed E-state index contributed by atoms with van der Waals surface area (Å²) in [6.07, 6.45) is 1.57. The molecule has 0 aliphatic carbocycles. The van der Waals surface area contributed by atoms with Crippen molar-refractivity contribution in [3.05, 3.63) is 0 Å². The molecule has 0 bridgehead atoms. The topological polar surface area (TPSA) is 87.9 Å². The molecule has 4 nitrogen and oxygen atoms in total. The fourth-order valence-corrected chi connectivity index (χ4v) is 0.322. The van der Waals surface area contributed by atoms with Crippen molar-refractivity contribution in [2.24, 2.45) is 11.5 Å². The summed E-state index contributed by atoms with van der Waals surface area (Å²) in [5.74, 6) is 0. The van der Waals surface area contributed by atoms with Crippen LogP contribution in [0.1, 0.15) is 6.42 Å². The lowest BCUT2D eigenvalue weighted by Gasteiger charge is -2.02. The first-order valence-corrected chi connectivity index (χ1v) is 2.51. The maximum atomic E-state index is 6.53. The minimum atomic E-state index is -0.262. The Hall–Kier alpha value is -0.610. The average molecular weight is 116 g/mol. The third-order valence-corrected chi connectivity index (χ3v) is 0.724. The highest BCUT2D eigenvalue weighted by atomic mass is 14.9. The van der Waals surface area contributed by atoms with Gasteiger partial charge in [0.1, 0.15) is 0 Å². The molecule has 0 saturated carbocycles. The van der Waals surface area contributed by atoms with E-state index in [1.807, 2.05) is 0 Å². The summed E-state index contributed by atoms with van der Waals surface area (Å²) in [6.45, 7) is 0.682. The second-order valence-electron chi connectivity index (χ2n) is 1.55. The van der Waals surface area contributed by atoms with Gasteiger partial charge >= 0.3 is 0 Å². The Labute approximate surface area is 48.7 Å². The number of hydrogen-bond acceptors (Lipinski definition) is 3. The van der Waals surface area contributed by atoms with Crippen LogP contribution in [0.25, 0.3) is 0 Å². The van der Waals surface area contributed by atoms with E-state index in [1.165, 1.54) is 0 Å². The molecule has 0 unspecified atom stereocenters. The zero-order chi connectivity index (χ0) is 6.41. The monoisotopic (exact) mass is 116 g/mol. The molecule has 4 heteroatoms. The van der Waals surface area contributed by atoms with Crippen LogP contribution >= 0.6 is 0 Å². The van der Waals surface area contributed by atoms with E-state index in [0.717, 1.165) is 6.34 Å². The molecule has 6 N–H and O–H groups in total. The average Bonchev–Trinajstić information content (AvgIpc) is 1.66. The summed E-state index contributed by atoms with van der Waals surface area (Å²) in [5.41, 5.74) is 10.4. The SMILES string of the molecule is N=CNCCC(N)N.